The third-order valence-corrected chi connectivity index (χ3v) is 5.58. The SMILES string of the molecule is O=C(O)c1cc2cc(Cl)c(Cl)c(Cl)c2cc1I(=O)=O. The van der Waals surface area contributed by atoms with Gasteiger partial charge >= 0.3 is 25.8 Å². The monoisotopic (exact) mass is 432 g/mol. The Balaban J connectivity index is 2.97. The molecule has 0 saturated carbocycles. The molecule has 0 heterocycles. The van der Waals surface area contributed by atoms with Gasteiger partial charge in [-0.3, -0.25) is 0 Å². The summed E-state index contributed by atoms with van der Waals surface area (Å²) in [4.78, 5) is 11.1. The molecule has 0 aliphatic rings. The lowest BCUT2D eigenvalue weighted by Gasteiger charge is -2.07. The highest BCUT2D eigenvalue weighted by Gasteiger charge is 2.18. The normalized spacial score (nSPS) is 11.2. The third kappa shape index (κ3) is 2.65. The number of carbonyl (C=O) groups is 1. The summed E-state index contributed by atoms with van der Waals surface area (Å²) in [6.45, 7) is 0. The molecule has 100 valence electrons. The summed E-state index contributed by atoms with van der Waals surface area (Å²) < 4.78 is 22.2. The first-order chi connectivity index (χ1) is 8.82. The molecule has 0 radical (unpaired) electrons. The van der Waals surface area contributed by atoms with Crippen molar-refractivity contribution in [1.29, 1.82) is 0 Å². The van der Waals surface area contributed by atoms with Gasteiger partial charge in [-0.25, -0.2) is 10.9 Å². The van der Waals surface area contributed by atoms with Crippen molar-refractivity contribution < 1.29 is 16.0 Å². The van der Waals surface area contributed by atoms with Crippen LogP contribution in [0.15, 0.2) is 18.2 Å². The predicted octanol–water partition coefficient (Wildman–Crippen LogP) is 4.87. The number of carboxylic acid groups (broad SMARTS) is 1. The van der Waals surface area contributed by atoms with E-state index in [-0.39, 0.29) is 24.2 Å². The van der Waals surface area contributed by atoms with E-state index in [2.05, 4.69) is 0 Å². The van der Waals surface area contributed by atoms with Crippen molar-refractivity contribution >= 4 is 71.3 Å². The molecule has 2 aromatic carbocycles. The quantitative estimate of drug-likeness (QED) is 0.542. The van der Waals surface area contributed by atoms with E-state index in [0.29, 0.717) is 10.8 Å². The van der Waals surface area contributed by atoms with E-state index in [1.54, 1.807) is 0 Å². The van der Waals surface area contributed by atoms with Crippen molar-refractivity contribution in [2.45, 2.75) is 0 Å². The summed E-state index contributed by atoms with van der Waals surface area (Å²) >= 11 is 13.7. The first kappa shape index (κ1) is 14.8. The van der Waals surface area contributed by atoms with Crippen LogP contribution in [0.25, 0.3) is 10.8 Å². The lowest BCUT2D eigenvalue weighted by atomic mass is 10.1. The summed E-state index contributed by atoms with van der Waals surface area (Å²) in [7, 11) is 0. The first-order valence-electron chi connectivity index (χ1n) is 4.72. The van der Waals surface area contributed by atoms with E-state index in [1.807, 2.05) is 0 Å². The van der Waals surface area contributed by atoms with Crippen molar-refractivity contribution in [3.05, 3.63) is 42.4 Å². The topological polar surface area (TPSA) is 71.4 Å². The zero-order valence-electron chi connectivity index (χ0n) is 8.92. The van der Waals surface area contributed by atoms with Gasteiger partial charge < -0.3 is 5.11 Å². The average Bonchev–Trinajstić information content (AvgIpc) is 2.34. The molecule has 8 heteroatoms. The highest BCUT2D eigenvalue weighted by Crippen LogP contribution is 2.39. The van der Waals surface area contributed by atoms with Gasteiger partial charge in [0.05, 0.1) is 24.2 Å². The Morgan fingerprint density at radius 1 is 1.05 bits per heavy atom. The zero-order valence-corrected chi connectivity index (χ0v) is 13.3. The standard InChI is InChI=1S/C11H4Cl3IO4/c12-7-2-4-1-6(11(16)17)8(15(18)19)3-5(4)9(13)10(7)14/h1-3H,(H,16,17). The molecule has 0 bridgehead atoms. The lowest BCUT2D eigenvalue weighted by Crippen LogP contribution is -2.00. The minimum Gasteiger partial charge on any atom is -0.478 e. The van der Waals surface area contributed by atoms with Gasteiger partial charge in [-0.1, -0.05) is 34.8 Å². The summed E-state index contributed by atoms with van der Waals surface area (Å²) in [5.74, 6) is -1.33. The number of hydrogen-bond acceptors (Lipinski definition) is 3. The number of halogens is 4. The van der Waals surface area contributed by atoms with E-state index in [0.717, 1.165) is 0 Å². The number of rotatable bonds is 2. The Kier molecular flexibility index (Phi) is 4.20. The number of fused-ring (bicyclic) bond motifs is 1. The van der Waals surface area contributed by atoms with Crippen molar-refractivity contribution in [3.63, 3.8) is 0 Å². The maximum absolute atomic E-state index is 11.2. The Hall–Kier alpha value is -0.630. The molecule has 0 atom stereocenters. The molecule has 0 fully saturated rings. The van der Waals surface area contributed by atoms with Crippen LogP contribution in [-0.4, -0.2) is 11.1 Å². The molecule has 0 spiro atoms. The molecule has 0 aliphatic heterocycles. The van der Waals surface area contributed by atoms with Gasteiger partial charge in [0.15, 0.2) is 0 Å². The molecular weight excluding hydrogens is 429 g/mol. The molecular formula is C11H4Cl3IO4. The van der Waals surface area contributed by atoms with Gasteiger partial charge in [0.2, 0.25) is 0 Å². The maximum Gasteiger partial charge on any atom is 0.341 e. The fraction of sp³-hybridized carbons (Fsp3) is 0. The smallest absolute Gasteiger partial charge is 0.341 e. The second-order valence-corrected chi connectivity index (χ2v) is 7.13. The fourth-order valence-electron chi connectivity index (χ4n) is 1.61. The van der Waals surface area contributed by atoms with Crippen LogP contribution < -0.4 is 0 Å². The van der Waals surface area contributed by atoms with Gasteiger partial charge in [0.1, 0.15) is 0 Å². The van der Waals surface area contributed by atoms with E-state index >= 15 is 0 Å². The second-order valence-electron chi connectivity index (χ2n) is 3.56. The highest BCUT2D eigenvalue weighted by atomic mass is 127. The zero-order chi connectivity index (χ0) is 14.3. The van der Waals surface area contributed by atoms with E-state index in [1.165, 1.54) is 18.2 Å². The molecule has 19 heavy (non-hydrogen) atoms. The molecule has 0 saturated heterocycles. The number of carboxylic acids is 1. The second kappa shape index (κ2) is 5.40. The minimum atomic E-state index is -3.97. The molecule has 0 aliphatic carbocycles. The summed E-state index contributed by atoms with van der Waals surface area (Å²) in [5, 5.41) is 10.2. The van der Waals surface area contributed by atoms with Crippen LogP contribution in [0.5, 0.6) is 0 Å². The summed E-state index contributed by atoms with van der Waals surface area (Å²) in [6.07, 6.45) is 0. The molecule has 0 amide bonds. The number of benzene rings is 2. The van der Waals surface area contributed by atoms with E-state index < -0.39 is 25.8 Å². The van der Waals surface area contributed by atoms with Gasteiger partial charge in [-0.05, 0) is 23.6 Å². The molecule has 0 unspecified atom stereocenters. The van der Waals surface area contributed by atoms with Crippen LogP contribution in [0, 0.1) is 3.57 Å². The van der Waals surface area contributed by atoms with Crippen molar-refractivity contribution in [3.8, 4) is 0 Å². The molecule has 2 aromatic rings. The van der Waals surface area contributed by atoms with Crippen molar-refractivity contribution in [2.24, 2.45) is 0 Å². The van der Waals surface area contributed by atoms with Crippen LogP contribution in [-0.2, 0) is 6.14 Å². The molecule has 0 aromatic heterocycles. The summed E-state index contributed by atoms with van der Waals surface area (Å²) in [5.41, 5.74) is -0.294. The Bertz CT molecular complexity index is 775. The minimum absolute atomic E-state index is 0.0973. The number of aromatic carboxylic acids is 1. The molecule has 2 rings (SSSR count). The van der Waals surface area contributed by atoms with Gasteiger partial charge in [0.25, 0.3) is 0 Å². The van der Waals surface area contributed by atoms with Crippen LogP contribution in [0.1, 0.15) is 10.4 Å². The van der Waals surface area contributed by atoms with Crippen LogP contribution in [0.2, 0.25) is 15.1 Å². The van der Waals surface area contributed by atoms with E-state index in [4.69, 9.17) is 39.9 Å². The van der Waals surface area contributed by atoms with Crippen LogP contribution >= 0.6 is 54.6 Å². The Morgan fingerprint density at radius 2 is 1.68 bits per heavy atom. The van der Waals surface area contributed by atoms with Crippen LogP contribution in [0.4, 0.5) is 0 Å². The lowest BCUT2D eigenvalue weighted by molar-refractivity contribution is 0.0696. The van der Waals surface area contributed by atoms with E-state index in [9.17, 15) is 10.9 Å². The Morgan fingerprint density at radius 3 is 2.21 bits per heavy atom. The van der Waals surface area contributed by atoms with Crippen LogP contribution in [0.3, 0.4) is 0 Å². The van der Waals surface area contributed by atoms with Crippen molar-refractivity contribution in [2.75, 3.05) is 0 Å². The maximum atomic E-state index is 11.2. The van der Waals surface area contributed by atoms with Crippen molar-refractivity contribution in [1.82, 2.24) is 0 Å². The predicted molar refractivity (Wildman–Crippen MR) is 80.0 cm³/mol. The van der Waals surface area contributed by atoms with Gasteiger partial charge in [-0.15, -0.1) is 0 Å². The van der Waals surface area contributed by atoms with Gasteiger partial charge in [-0.2, -0.15) is 0 Å². The molecule has 1 N–H and O–H groups in total. The van der Waals surface area contributed by atoms with Gasteiger partial charge in [0, 0.05) is 5.39 Å². The summed E-state index contributed by atoms with van der Waals surface area (Å²) in [6, 6.07) is 3.88. The Labute approximate surface area is 129 Å². The highest BCUT2D eigenvalue weighted by molar-refractivity contribution is 14.2. The number of hydrogen-bond donors (Lipinski definition) is 1. The first-order valence-corrected chi connectivity index (χ1v) is 8.70. The largest absolute Gasteiger partial charge is 0.478 e. The average molecular weight is 433 g/mol. The molecule has 4 nitrogen and oxygen atoms in total. The third-order valence-electron chi connectivity index (χ3n) is 2.46. The fourth-order valence-corrected chi connectivity index (χ4v) is 3.72.